The summed E-state index contributed by atoms with van der Waals surface area (Å²) in [6.07, 6.45) is 8.75. The molecule has 0 saturated carbocycles. The molecule has 1 aromatic heterocycles. The van der Waals surface area contributed by atoms with Crippen LogP contribution in [0.1, 0.15) is 48.2 Å². The fourth-order valence-electron chi connectivity index (χ4n) is 3.81. The van der Waals surface area contributed by atoms with Crippen LogP contribution in [-0.4, -0.2) is 18.6 Å². The lowest BCUT2D eigenvalue weighted by molar-refractivity contribution is 0.412. The average Bonchev–Trinajstić information content (AvgIpc) is 3.16. The molecule has 3 nitrogen and oxygen atoms in total. The maximum absolute atomic E-state index is 13.6. The number of unbranched alkanes of at least 4 members (excludes halogenated alkanes) is 1. The molecule has 6 heteroatoms. The third-order valence-corrected chi connectivity index (χ3v) is 6.82. The third kappa shape index (κ3) is 5.26. The van der Waals surface area contributed by atoms with E-state index in [2.05, 4.69) is 17.7 Å². The first kappa shape index (κ1) is 24.1. The first-order valence-electron chi connectivity index (χ1n) is 10.7. The average molecular weight is 471 g/mol. The lowest BCUT2D eigenvalue weighted by atomic mass is 9.99. The summed E-state index contributed by atoms with van der Waals surface area (Å²) in [6.45, 7) is 6.60. The van der Waals surface area contributed by atoms with Gasteiger partial charge in [0.05, 0.1) is 30.4 Å². The van der Waals surface area contributed by atoms with Crippen LogP contribution >= 0.6 is 22.9 Å². The smallest absolute Gasteiger partial charge is 0.187 e. The standard InChI is InChI=1S/C26H28ClFN2OS/c1-6-8-9-23(19-10-12-20(28)13-11-19)30(14-7-2)26-29-25(18(4)32-26)21-15-17(3)24(31-5)16-22(21)27/h2,10-13,15-16,23H,6,8-9,14H2,1,3-5H3. The molecule has 168 valence electrons. The Bertz CT molecular complexity index is 1100. The van der Waals surface area contributed by atoms with Crippen LogP contribution in [0.3, 0.4) is 0 Å². The van der Waals surface area contributed by atoms with Gasteiger partial charge in [0.1, 0.15) is 11.6 Å². The van der Waals surface area contributed by atoms with E-state index in [0.29, 0.717) is 11.6 Å². The molecule has 1 heterocycles. The molecule has 0 spiro atoms. The van der Waals surface area contributed by atoms with Crippen LogP contribution in [0.25, 0.3) is 11.3 Å². The van der Waals surface area contributed by atoms with Gasteiger partial charge in [-0.2, -0.15) is 0 Å². The van der Waals surface area contributed by atoms with Gasteiger partial charge in [0.15, 0.2) is 5.13 Å². The highest BCUT2D eigenvalue weighted by atomic mass is 35.5. The Morgan fingerprint density at radius 1 is 1.25 bits per heavy atom. The van der Waals surface area contributed by atoms with Crippen molar-refractivity contribution in [3.8, 4) is 29.4 Å². The number of terminal acetylenes is 1. The van der Waals surface area contributed by atoms with Gasteiger partial charge in [-0.25, -0.2) is 9.37 Å². The van der Waals surface area contributed by atoms with Crippen LogP contribution in [0.15, 0.2) is 36.4 Å². The molecule has 0 amide bonds. The molecule has 0 fully saturated rings. The van der Waals surface area contributed by atoms with E-state index in [1.54, 1.807) is 18.4 Å². The molecule has 1 unspecified atom stereocenters. The molecular formula is C26H28ClFN2OS. The second-order valence-corrected chi connectivity index (χ2v) is 9.33. The quantitative estimate of drug-likeness (QED) is 0.301. The molecule has 0 aliphatic heterocycles. The van der Waals surface area contributed by atoms with Crippen molar-refractivity contribution in [1.29, 1.82) is 0 Å². The van der Waals surface area contributed by atoms with Crippen molar-refractivity contribution in [3.63, 3.8) is 0 Å². The number of aromatic nitrogens is 1. The Morgan fingerprint density at radius 3 is 2.59 bits per heavy atom. The highest BCUT2D eigenvalue weighted by Gasteiger charge is 2.25. The summed E-state index contributed by atoms with van der Waals surface area (Å²) < 4.78 is 19.0. The van der Waals surface area contributed by atoms with E-state index >= 15 is 0 Å². The number of ether oxygens (including phenoxy) is 1. The Kier molecular flexibility index (Phi) is 8.17. The number of anilines is 1. The minimum Gasteiger partial charge on any atom is -0.496 e. The zero-order valence-corrected chi connectivity index (χ0v) is 20.5. The molecule has 2 aromatic carbocycles. The van der Waals surface area contributed by atoms with Gasteiger partial charge in [0.2, 0.25) is 0 Å². The SMILES string of the molecule is C#CCN(c1nc(-c2cc(C)c(OC)cc2Cl)c(C)s1)C(CCCC)c1ccc(F)cc1. The summed E-state index contributed by atoms with van der Waals surface area (Å²) in [4.78, 5) is 8.18. The van der Waals surface area contributed by atoms with E-state index in [-0.39, 0.29) is 11.9 Å². The molecule has 0 aliphatic rings. The summed E-state index contributed by atoms with van der Waals surface area (Å²) in [6, 6.07) is 10.5. The number of nitrogens with zero attached hydrogens (tertiary/aromatic N) is 2. The van der Waals surface area contributed by atoms with Crippen molar-refractivity contribution in [2.75, 3.05) is 18.6 Å². The topological polar surface area (TPSA) is 25.4 Å². The van der Waals surface area contributed by atoms with E-state index in [0.717, 1.165) is 57.4 Å². The number of methoxy groups -OCH3 is 1. The van der Waals surface area contributed by atoms with E-state index in [4.69, 9.17) is 27.7 Å². The zero-order chi connectivity index (χ0) is 23.3. The van der Waals surface area contributed by atoms with Crippen molar-refractivity contribution in [2.45, 2.75) is 46.1 Å². The van der Waals surface area contributed by atoms with E-state index < -0.39 is 0 Å². The fourth-order valence-corrected chi connectivity index (χ4v) is 5.03. The second-order valence-electron chi connectivity index (χ2n) is 7.74. The van der Waals surface area contributed by atoms with Crippen LogP contribution < -0.4 is 9.64 Å². The van der Waals surface area contributed by atoms with Gasteiger partial charge in [-0.05, 0) is 55.7 Å². The van der Waals surface area contributed by atoms with Crippen LogP contribution in [-0.2, 0) is 0 Å². The summed E-state index contributed by atoms with van der Waals surface area (Å²) in [7, 11) is 1.63. The Morgan fingerprint density at radius 2 is 1.97 bits per heavy atom. The summed E-state index contributed by atoms with van der Waals surface area (Å²) in [5.41, 5.74) is 3.74. The van der Waals surface area contributed by atoms with Gasteiger partial charge < -0.3 is 9.64 Å². The van der Waals surface area contributed by atoms with Gasteiger partial charge in [-0.15, -0.1) is 17.8 Å². The van der Waals surface area contributed by atoms with Crippen LogP contribution in [0, 0.1) is 32.0 Å². The first-order valence-corrected chi connectivity index (χ1v) is 11.9. The molecule has 0 saturated heterocycles. The molecule has 1 atom stereocenters. The highest BCUT2D eigenvalue weighted by molar-refractivity contribution is 7.16. The number of aryl methyl sites for hydroxylation is 2. The fraction of sp³-hybridized carbons (Fsp3) is 0.346. The minimum atomic E-state index is -0.247. The highest BCUT2D eigenvalue weighted by Crippen LogP contribution is 2.41. The number of hydrogen-bond donors (Lipinski definition) is 0. The van der Waals surface area contributed by atoms with Crippen LogP contribution in [0.2, 0.25) is 5.02 Å². The maximum atomic E-state index is 13.6. The van der Waals surface area contributed by atoms with Crippen molar-refractivity contribution in [2.24, 2.45) is 0 Å². The largest absolute Gasteiger partial charge is 0.496 e. The monoisotopic (exact) mass is 470 g/mol. The van der Waals surface area contributed by atoms with Crippen LogP contribution in [0.5, 0.6) is 5.75 Å². The van der Waals surface area contributed by atoms with Crippen molar-refractivity contribution in [1.82, 2.24) is 4.98 Å². The molecule has 0 bridgehead atoms. The van der Waals surface area contributed by atoms with E-state index in [9.17, 15) is 4.39 Å². The van der Waals surface area contributed by atoms with Gasteiger partial charge in [0.25, 0.3) is 0 Å². The number of rotatable bonds is 9. The zero-order valence-electron chi connectivity index (χ0n) is 18.9. The van der Waals surface area contributed by atoms with Crippen molar-refractivity contribution < 1.29 is 9.13 Å². The molecule has 3 rings (SSSR count). The van der Waals surface area contributed by atoms with Gasteiger partial charge in [-0.1, -0.05) is 49.4 Å². The Labute approximate surface area is 199 Å². The third-order valence-electron chi connectivity index (χ3n) is 5.49. The second kappa shape index (κ2) is 10.8. The van der Waals surface area contributed by atoms with Gasteiger partial charge in [-0.3, -0.25) is 0 Å². The number of benzene rings is 2. The summed E-state index contributed by atoms with van der Waals surface area (Å²) in [5, 5.41) is 1.43. The molecule has 0 N–H and O–H groups in total. The number of thiazole rings is 1. The van der Waals surface area contributed by atoms with Crippen molar-refractivity contribution in [3.05, 3.63) is 63.2 Å². The minimum absolute atomic E-state index is 0.0121. The van der Waals surface area contributed by atoms with Crippen LogP contribution in [0.4, 0.5) is 9.52 Å². The normalized spacial score (nSPS) is 11.8. The molecular weight excluding hydrogens is 443 g/mol. The Balaban J connectivity index is 2.06. The predicted molar refractivity (Wildman–Crippen MR) is 133 cm³/mol. The molecule has 3 aromatic rings. The van der Waals surface area contributed by atoms with Gasteiger partial charge in [0, 0.05) is 10.4 Å². The number of halogens is 2. The van der Waals surface area contributed by atoms with Gasteiger partial charge >= 0.3 is 0 Å². The van der Waals surface area contributed by atoms with E-state index in [1.165, 1.54) is 12.1 Å². The Hall–Kier alpha value is -2.55. The first-order chi connectivity index (χ1) is 15.4. The molecule has 0 radical (unpaired) electrons. The van der Waals surface area contributed by atoms with E-state index in [1.807, 2.05) is 38.1 Å². The maximum Gasteiger partial charge on any atom is 0.187 e. The lowest BCUT2D eigenvalue weighted by Gasteiger charge is -2.30. The summed E-state index contributed by atoms with van der Waals surface area (Å²) >= 11 is 8.18. The molecule has 0 aliphatic carbocycles. The lowest BCUT2D eigenvalue weighted by Crippen LogP contribution is -2.29. The summed E-state index contributed by atoms with van der Waals surface area (Å²) in [5.74, 6) is 3.28. The van der Waals surface area contributed by atoms with Crippen molar-refractivity contribution >= 4 is 28.1 Å². The number of hydrogen-bond acceptors (Lipinski definition) is 4. The predicted octanol–water partition coefficient (Wildman–Crippen LogP) is 7.60. The molecule has 32 heavy (non-hydrogen) atoms.